The van der Waals surface area contributed by atoms with Crippen LogP contribution in [0.4, 0.5) is 5.69 Å². The third-order valence-corrected chi connectivity index (χ3v) is 4.58. The van der Waals surface area contributed by atoms with Crippen molar-refractivity contribution in [1.82, 2.24) is 0 Å². The Morgan fingerprint density at radius 2 is 1.56 bits per heavy atom. The first-order chi connectivity index (χ1) is 12.2. The van der Waals surface area contributed by atoms with Gasteiger partial charge in [0.05, 0.1) is 0 Å². The number of ether oxygens (including phenoxy) is 1. The summed E-state index contributed by atoms with van der Waals surface area (Å²) in [5.74, 6) is 0.791. The Balaban J connectivity index is 0.00000109. The second kappa shape index (κ2) is 9.80. The summed E-state index contributed by atoms with van der Waals surface area (Å²) in [5, 5.41) is 0. The maximum Gasteiger partial charge on any atom is 0.121 e. The smallest absolute Gasteiger partial charge is 0.121 e. The molecule has 0 aliphatic rings. The van der Waals surface area contributed by atoms with Gasteiger partial charge in [0, 0.05) is 21.5 Å². The Labute approximate surface area is 155 Å². The molecule has 130 valence electrons. The predicted octanol–water partition coefficient (Wildman–Crippen LogP) is 6.33. The average Bonchev–Trinajstić information content (AvgIpc) is 2.66. The van der Waals surface area contributed by atoms with Crippen LogP contribution in [0.15, 0.2) is 82.6 Å². The highest BCUT2D eigenvalue weighted by Gasteiger charge is 2.04. The Kier molecular flexibility index (Phi) is 7.42. The Bertz CT molecular complexity index is 770. The van der Waals surface area contributed by atoms with Gasteiger partial charge in [-0.05, 0) is 36.8 Å². The number of hydrogen-bond donors (Lipinski definition) is 1. The fourth-order valence-electron chi connectivity index (χ4n) is 2.18. The van der Waals surface area contributed by atoms with E-state index in [1.807, 2.05) is 62.4 Å². The van der Waals surface area contributed by atoms with E-state index in [4.69, 9.17) is 10.5 Å². The number of anilines is 1. The molecule has 0 spiro atoms. The molecule has 0 aliphatic carbocycles. The quantitative estimate of drug-likeness (QED) is 0.545. The molecule has 0 fully saturated rings. The van der Waals surface area contributed by atoms with E-state index in [2.05, 4.69) is 31.2 Å². The number of aryl methyl sites for hydroxylation is 1. The lowest BCUT2D eigenvalue weighted by molar-refractivity contribution is 0.306. The van der Waals surface area contributed by atoms with Crippen LogP contribution in [-0.4, -0.2) is 0 Å². The highest BCUT2D eigenvalue weighted by atomic mass is 32.2. The molecule has 0 bridgehead atoms. The molecule has 3 aromatic carbocycles. The molecule has 0 aromatic heterocycles. The molecular weight excluding hydrogens is 326 g/mol. The van der Waals surface area contributed by atoms with Gasteiger partial charge >= 0.3 is 0 Å². The highest BCUT2D eigenvalue weighted by Crippen LogP contribution is 2.34. The monoisotopic (exact) mass is 351 g/mol. The summed E-state index contributed by atoms with van der Waals surface area (Å²) in [6.07, 6.45) is 0. The third kappa shape index (κ3) is 5.87. The summed E-state index contributed by atoms with van der Waals surface area (Å²) >= 11 is 1.67. The minimum atomic E-state index is 0.546. The predicted molar refractivity (Wildman–Crippen MR) is 108 cm³/mol. The second-order valence-corrected chi connectivity index (χ2v) is 6.50. The molecule has 0 aliphatic heterocycles. The van der Waals surface area contributed by atoms with Gasteiger partial charge in [0.2, 0.25) is 0 Å². The third-order valence-electron chi connectivity index (χ3n) is 3.48. The van der Waals surface area contributed by atoms with Crippen LogP contribution in [0.5, 0.6) is 5.75 Å². The fraction of sp³-hybridized carbons (Fsp3) is 0.182. The second-order valence-electron chi connectivity index (χ2n) is 5.39. The van der Waals surface area contributed by atoms with E-state index < -0.39 is 0 Å². The molecule has 0 atom stereocenters. The van der Waals surface area contributed by atoms with E-state index in [-0.39, 0.29) is 0 Å². The van der Waals surface area contributed by atoms with E-state index in [0.717, 1.165) is 21.9 Å². The van der Waals surface area contributed by atoms with Crippen molar-refractivity contribution in [2.45, 2.75) is 37.2 Å². The van der Waals surface area contributed by atoms with Crippen LogP contribution in [0.3, 0.4) is 0 Å². The molecule has 0 amide bonds. The zero-order chi connectivity index (χ0) is 18.1. The Hall–Kier alpha value is -2.39. The maximum atomic E-state index is 6.17. The molecule has 25 heavy (non-hydrogen) atoms. The van der Waals surface area contributed by atoms with Crippen LogP contribution in [0.25, 0.3) is 0 Å². The molecule has 0 saturated heterocycles. The van der Waals surface area contributed by atoms with Gasteiger partial charge in [0.1, 0.15) is 12.4 Å². The number of nitrogens with two attached hydrogens (primary N) is 1. The van der Waals surface area contributed by atoms with Gasteiger partial charge in [-0.1, -0.05) is 73.6 Å². The molecule has 3 aromatic rings. The van der Waals surface area contributed by atoms with Gasteiger partial charge < -0.3 is 10.5 Å². The van der Waals surface area contributed by atoms with Crippen LogP contribution in [0.2, 0.25) is 0 Å². The molecular formula is C22H25NOS. The van der Waals surface area contributed by atoms with Crippen molar-refractivity contribution in [3.05, 3.63) is 83.9 Å². The van der Waals surface area contributed by atoms with E-state index in [9.17, 15) is 0 Å². The molecule has 3 rings (SSSR count). The van der Waals surface area contributed by atoms with Gasteiger partial charge in [-0.25, -0.2) is 0 Å². The molecule has 3 heteroatoms. The number of benzene rings is 3. The Morgan fingerprint density at radius 3 is 2.20 bits per heavy atom. The lowest BCUT2D eigenvalue weighted by Crippen LogP contribution is -1.96. The summed E-state index contributed by atoms with van der Waals surface area (Å²) in [7, 11) is 0. The lowest BCUT2D eigenvalue weighted by atomic mass is 10.2. The van der Waals surface area contributed by atoms with Crippen molar-refractivity contribution in [2.75, 3.05) is 5.73 Å². The molecule has 2 nitrogen and oxygen atoms in total. The van der Waals surface area contributed by atoms with Gasteiger partial charge in [-0.2, -0.15) is 0 Å². The number of nitrogen functional groups attached to an aromatic ring is 1. The van der Waals surface area contributed by atoms with Gasteiger partial charge in [-0.3, -0.25) is 0 Å². The molecule has 0 saturated carbocycles. The van der Waals surface area contributed by atoms with Crippen LogP contribution in [0.1, 0.15) is 25.0 Å². The van der Waals surface area contributed by atoms with Crippen molar-refractivity contribution in [1.29, 1.82) is 0 Å². The summed E-state index contributed by atoms with van der Waals surface area (Å²) in [6, 6.07) is 24.4. The van der Waals surface area contributed by atoms with Crippen molar-refractivity contribution >= 4 is 17.4 Å². The summed E-state index contributed by atoms with van der Waals surface area (Å²) < 4.78 is 5.80. The van der Waals surface area contributed by atoms with E-state index in [0.29, 0.717) is 6.61 Å². The normalized spacial score (nSPS) is 9.88. The van der Waals surface area contributed by atoms with Crippen LogP contribution < -0.4 is 10.5 Å². The number of rotatable bonds is 5. The maximum absolute atomic E-state index is 6.17. The zero-order valence-corrected chi connectivity index (χ0v) is 15.8. The molecule has 2 N–H and O–H groups in total. The zero-order valence-electron chi connectivity index (χ0n) is 15.0. The minimum absolute atomic E-state index is 0.546. The van der Waals surface area contributed by atoms with Crippen LogP contribution in [-0.2, 0) is 6.61 Å². The standard InChI is InChI=1S/C20H19NOS.C2H6/c1-15-7-10-18(11-8-15)23-20-12-9-17(13-19(20)21)22-14-16-5-3-2-4-6-16;1-2/h2-13H,14,21H2,1H3;1-2H3. The summed E-state index contributed by atoms with van der Waals surface area (Å²) in [4.78, 5) is 2.22. The summed E-state index contributed by atoms with van der Waals surface area (Å²) in [6.45, 7) is 6.63. The molecule has 0 unspecified atom stereocenters. The van der Waals surface area contributed by atoms with E-state index in [1.165, 1.54) is 10.5 Å². The summed E-state index contributed by atoms with van der Waals surface area (Å²) in [5.41, 5.74) is 9.30. The van der Waals surface area contributed by atoms with Gasteiger partial charge in [0.15, 0.2) is 0 Å². The average molecular weight is 352 g/mol. The Morgan fingerprint density at radius 1 is 0.880 bits per heavy atom. The van der Waals surface area contributed by atoms with Gasteiger partial charge in [-0.15, -0.1) is 0 Å². The van der Waals surface area contributed by atoms with Gasteiger partial charge in [0.25, 0.3) is 0 Å². The van der Waals surface area contributed by atoms with Crippen molar-refractivity contribution in [2.24, 2.45) is 0 Å². The first-order valence-corrected chi connectivity index (χ1v) is 9.33. The topological polar surface area (TPSA) is 35.2 Å². The SMILES string of the molecule is CC.Cc1ccc(Sc2ccc(OCc3ccccc3)cc2N)cc1. The highest BCUT2D eigenvalue weighted by molar-refractivity contribution is 7.99. The van der Waals surface area contributed by atoms with Crippen LogP contribution >= 0.6 is 11.8 Å². The van der Waals surface area contributed by atoms with Crippen LogP contribution in [0, 0.1) is 6.92 Å². The minimum Gasteiger partial charge on any atom is -0.489 e. The largest absolute Gasteiger partial charge is 0.489 e. The number of hydrogen-bond acceptors (Lipinski definition) is 3. The van der Waals surface area contributed by atoms with Crippen molar-refractivity contribution in [3.63, 3.8) is 0 Å². The van der Waals surface area contributed by atoms with E-state index in [1.54, 1.807) is 11.8 Å². The first kappa shape index (κ1) is 18.9. The molecule has 0 heterocycles. The fourth-order valence-corrected chi connectivity index (χ4v) is 3.02. The van der Waals surface area contributed by atoms with Crippen molar-refractivity contribution < 1.29 is 4.74 Å². The molecule has 0 radical (unpaired) electrons. The first-order valence-electron chi connectivity index (χ1n) is 8.51. The lowest BCUT2D eigenvalue weighted by Gasteiger charge is -2.10. The van der Waals surface area contributed by atoms with E-state index >= 15 is 0 Å². The van der Waals surface area contributed by atoms with Crippen molar-refractivity contribution in [3.8, 4) is 5.75 Å².